The Balaban J connectivity index is 0.00000765. The molecule has 76 heavy (non-hydrogen) atoms. The zero-order chi connectivity index (χ0) is 53.0. The number of nitrogens with one attached hydrogen (secondary N) is 1. The number of hydrogen-bond donors (Lipinski definition) is 5. The van der Waals surface area contributed by atoms with Gasteiger partial charge in [0.25, 0.3) is 0 Å². The number of halogens is 1. The molecule has 6 fully saturated rings. The van der Waals surface area contributed by atoms with E-state index >= 15 is 4.79 Å². The predicted molar refractivity (Wildman–Crippen MR) is 282 cm³/mol. The van der Waals surface area contributed by atoms with Gasteiger partial charge < -0.3 is 55.9 Å². The second-order valence-corrected chi connectivity index (χ2v) is 25.0. The Morgan fingerprint density at radius 3 is 2.46 bits per heavy atom. The van der Waals surface area contributed by atoms with Gasteiger partial charge >= 0.3 is 13.8 Å². The third-order valence-corrected chi connectivity index (χ3v) is 19.5. The van der Waals surface area contributed by atoms with Gasteiger partial charge in [-0.05, 0) is 124 Å². The van der Waals surface area contributed by atoms with Crippen molar-refractivity contribution in [1.29, 1.82) is 0 Å². The van der Waals surface area contributed by atoms with Crippen LogP contribution in [0.4, 0.5) is 0 Å². The first-order chi connectivity index (χ1) is 35.9. The molecule has 420 valence electrons. The Bertz CT molecular complexity index is 2450. The fourth-order valence-corrected chi connectivity index (χ4v) is 15.6. The number of allylic oxidation sites excluding steroid dienone is 4. The van der Waals surface area contributed by atoms with Crippen LogP contribution < -0.4 is 22.2 Å². The normalized spacial score (nSPS) is 33.3. The van der Waals surface area contributed by atoms with Crippen LogP contribution in [-0.2, 0) is 50.9 Å². The number of benzene rings is 2. The fraction of sp³-hybridized carbons (Fsp3) is 0.678. The number of carbonyl (C=O) groups is 3. The number of aliphatic hydroxyl groups excluding tert-OH is 2. The minimum absolute atomic E-state index is 0. The maximum absolute atomic E-state index is 15.3. The molecule has 12 atom stereocenters. The van der Waals surface area contributed by atoms with Crippen LogP contribution in [0.1, 0.15) is 146 Å². The van der Waals surface area contributed by atoms with E-state index in [2.05, 4.69) is 43.4 Å². The molecule has 4 saturated carbocycles. The minimum Gasteiger partial charge on any atom is -1.00 e. The van der Waals surface area contributed by atoms with Crippen molar-refractivity contribution in [1.82, 2.24) is 5.32 Å². The topological polar surface area (TPSA) is 207 Å². The van der Waals surface area contributed by atoms with Crippen LogP contribution in [-0.4, -0.2) is 119 Å². The summed E-state index contributed by atoms with van der Waals surface area (Å²) in [6.45, 7) is 6.89. The lowest BCUT2D eigenvalue weighted by atomic mass is 9.46. The first kappa shape index (κ1) is 58.8. The van der Waals surface area contributed by atoms with Crippen LogP contribution in [0.3, 0.4) is 0 Å². The van der Waals surface area contributed by atoms with E-state index in [4.69, 9.17) is 23.5 Å². The number of phosphoric acid groups is 1. The van der Waals surface area contributed by atoms with E-state index in [0.29, 0.717) is 43.4 Å². The number of esters is 1. The van der Waals surface area contributed by atoms with Crippen molar-refractivity contribution in [3.05, 3.63) is 89.0 Å². The van der Waals surface area contributed by atoms with Crippen LogP contribution in [0.25, 0.3) is 0 Å². The van der Waals surface area contributed by atoms with Crippen molar-refractivity contribution in [3.8, 4) is 5.75 Å². The van der Waals surface area contributed by atoms with E-state index in [1.165, 1.54) is 11.6 Å². The van der Waals surface area contributed by atoms with Gasteiger partial charge in [-0.3, -0.25) is 19.4 Å². The summed E-state index contributed by atoms with van der Waals surface area (Å²) in [5, 5.41) is 27.0. The number of unbranched alkanes of at least 4 members (excludes halogenated alkanes) is 4. The van der Waals surface area contributed by atoms with Crippen molar-refractivity contribution in [3.63, 3.8) is 0 Å². The molecule has 0 radical (unpaired) electrons. The molecule has 15 nitrogen and oxygen atoms in total. The molecule has 2 unspecified atom stereocenters. The summed E-state index contributed by atoms with van der Waals surface area (Å²) in [6, 6.07) is 14.6. The number of Topliss-reactive ketones (excluding diaryl/α,β-unsaturated/α-hetero) is 1. The second kappa shape index (κ2) is 25.0. The Hall–Kier alpha value is -3.31. The number of aliphatic hydroxyl groups is 2. The van der Waals surface area contributed by atoms with Gasteiger partial charge in [0.2, 0.25) is 5.78 Å². The van der Waals surface area contributed by atoms with E-state index < -0.39 is 67.5 Å². The third kappa shape index (κ3) is 12.5. The Kier molecular flexibility index (Phi) is 19.4. The number of hydrogen-bond acceptors (Lipinski definition) is 12. The molecule has 0 spiro atoms. The average Bonchev–Trinajstić information content (AvgIpc) is 4.24. The van der Waals surface area contributed by atoms with Crippen LogP contribution in [0, 0.1) is 34.5 Å². The smallest absolute Gasteiger partial charge is 0.524 e. The lowest BCUT2D eigenvalue weighted by Gasteiger charge is -2.59. The summed E-state index contributed by atoms with van der Waals surface area (Å²) in [4.78, 5) is 62.0. The van der Waals surface area contributed by atoms with Gasteiger partial charge in [-0.2, -0.15) is 0 Å². The molecule has 2 heterocycles. The molecular weight excluding hydrogens is 1010 g/mol. The number of nitrogens with zero attached hydrogens (tertiary/aromatic N) is 1. The van der Waals surface area contributed by atoms with Gasteiger partial charge in [-0.25, -0.2) is 9.36 Å². The summed E-state index contributed by atoms with van der Waals surface area (Å²) < 4.78 is 43.5. The molecule has 17 heteroatoms. The van der Waals surface area contributed by atoms with Crippen molar-refractivity contribution in [2.75, 3.05) is 46.5 Å². The monoisotopic (exact) mass is 1090 g/mol. The van der Waals surface area contributed by atoms with Gasteiger partial charge in [-0.15, -0.1) is 0 Å². The predicted octanol–water partition coefficient (Wildman–Crippen LogP) is 5.56. The molecule has 2 aromatic carbocycles. The van der Waals surface area contributed by atoms with Crippen LogP contribution in [0.5, 0.6) is 5.75 Å². The molecular formula is C59H84ClN2O13P. The number of ether oxygens (including phenoxy) is 4. The largest absolute Gasteiger partial charge is 1.00 e. The minimum atomic E-state index is -4.98. The Morgan fingerprint density at radius 2 is 1.70 bits per heavy atom. The molecule has 2 aromatic rings. The molecule has 2 aliphatic heterocycles. The maximum Gasteiger partial charge on any atom is 0.524 e. The highest BCUT2D eigenvalue weighted by Crippen LogP contribution is 2.70. The molecule has 0 bridgehead atoms. The first-order valence-corrected chi connectivity index (χ1v) is 29.9. The molecule has 0 amide bonds. The van der Waals surface area contributed by atoms with Gasteiger partial charge in [0.15, 0.2) is 30.3 Å². The highest BCUT2D eigenvalue weighted by Gasteiger charge is 2.76. The number of likely N-dealkylation sites (N-methyl/N-ethyl adjacent to an activating group) is 1. The zero-order valence-electron chi connectivity index (χ0n) is 45.0. The Morgan fingerprint density at radius 1 is 0.947 bits per heavy atom. The van der Waals surface area contributed by atoms with E-state index in [-0.39, 0.29) is 71.0 Å². The van der Waals surface area contributed by atoms with E-state index in [9.17, 15) is 34.2 Å². The number of aryl methyl sites for hydroxylation is 1. The maximum atomic E-state index is 15.3. The van der Waals surface area contributed by atoms with Crippen LogP contribution in [0.2, 0.25) is 0 Å². The number of rotatable bonds is 24. The highest BCUT2D eigenvalue weighted by atomic mass is 35.5. The average molecular weight is 1100 g/mol. The van der Waals surface area contributed by atoms with E-state index in [0.717, 1.165) is 115 Å². The van der Waals surface area contributed by atoms with Gasteiger partial charge in [-0.1, -0.05) is 94.0 Å². The third-order valence-electron chi connectivity index (χ3n) is 19.0. The summed E-state index contributed by atoms with van der Waals surface area (Å²) in [5.74, 6) is -0.973. The number of carbonyl (C=O) groups excluding carboxylic acids is 3. The molecule has 0 aromatic heterocycles. The number of fused-ring (bicyclic) bond motifs is 7. The molecule has 5 N–H and O–H groups in total. The molecule has 5 aliphatic carbocycles. The van der Waals surface area contributed by atoms with E-state index in [1.807, 2.05) is 19.2 Å². The van der Waals surface area contributed by atoms with Crippen molar-refractivity contribution in [2.45, 2.75) is 172 Å². The fourth-order valence-electron chi connectivity index (χ4n) is 15.2. The molecule has 7 aliphatic rings. The summed E-state index contributed by atoms with van der Waals surface area (Å²) >= 11 is 0. The standard InChI is InChI=1S/C59H83N2O13P.ClH/c1-57-28-27-45(62)34-44(57)24-25-46-47-35-53-59(58(47,2)36-49(63)54(46)57,73-56(72-53)41-20-10-7-11-21-41)52(65)39-71-55(66)48-22-16-30-61(48,3)38-43-33-42(23-26-51(43)74-75(67,68)69)50(64)37-60-29-13-4-5-14-31-70-32-15-12-19-40-17-8-6-9-18-40;/h6,8-9,17-18,23,26-28,33-34,41,46-50,53-54,56,60,63-64H,4-5,7,10-16,19-22,24-25,29-32,35-39H2,1-3H3,(H-,67,68,69);1H/t46-,47-,48-,49-,50?,53+,54+,56+,57-,58-,59+,61?;/m0./s1. The SMILES string of the molecule is C[C@]12C=CC(=O)C=C1CC[C@@H]1[C@@H]2[C@@H](O)C[C@@]2(C)[C@H]1C[C@H]1O[C@@H](C3CCCCC3)O[C@]12C(=O)COC(=O)[C@@H]1CCC[N+]1(C)Cc1cc(C(O)CNCCCCCCOCCCCc2ccccc2)ccc1OP(=O)(O)O.[Cl-]. The quantitative estimate of drug-likeness (QED) is 0.0378. The van der Waals surface area contributed by atoms with Crippen LogP contribution in [0.15, 0.2) is 72.3 Å². The van der Waals surface area contributed by atoms with Gasteiger partial charge in [0.05, 0.1) is 31.9 Å². The lowest BCUT2D eigenvalue weighted by molar-refractivity contribution is -0.926. The highest BCUT2D eigenvalue weighted by molar-refractivity contribution is 7.46. The second-order valence-electron chi connectivity index (χ2n) is 23.9. The number of ketones is 2. The summed E-state index contributed by atoms with van der Waals surface area (Å²) in [6.07, 6.45) is 18.4. The number of likely N-dealkylation sites (tertiary alicyclic amines) is 1. The molecule has 2 saturated heterocycles. The summed E-state index contributed by atoms with van der Waals surface area (Å²) in [5.41, 5.74) is 0.619. The number of phosphoric ester groups is 1. The zero-order valence-corrected chi connectivity index (χ0v) is 46.6. The van der Waals surface area contributed by atoms with E-state index in [1.54, 1.807) is 24.3 Å². The van der Waals surface area contributed by atoms with Crippen LogP contribution >= 0.6 is 7.82 Å². The Labute approximate surface area is 456 Å². The van der Waals surface area contributed by atoms with Crippen molar-refractivity contribution < 1.29 is 79.3 Å². The van der Waals surface area contributed by atoms with Crippen molar-refractivity contribution in [2.24, 2.45) is 34.5 Å². The summed E-state index contributed by atoms with van der Waals surface area (Å²) in [7, 11) is -3.08. The number of quaternary nitrogens is 1. The van der Waals surface area contributed by atoms with Gasteiger partial charge in [0.1, 0.15) is 12.3 Å². The molecule has 9 rings (SSSR count). The lowest BCUT2D eigenvalue weighted by Crippen LogP contribution is -3.00. The van der Waals surface area contributed by atoms with Gasteiger partial charge in [0, 0.05) is 60.8 Å². The first-order valence-electron chi connectivity index (χ1n) is 28.3. The van der Waals surface area contributed by atoms with Crippen molar-refractivity contribution >= 4 is 25.4 Å².